The number of nitrogens with zero attached hydrogens (tertiary/aromatic N) is 2. The Morgan fingerprint density at radius 2 is 1.43 bits per heavy atom. The van der Waals surface area contributed by atoms with Crippen LogP contribution in [-0.4, -0.2) is 40.5 Å². The van der Waals surface area contributed by atoms with Gasteiger partial charge >= 0.3 is 11.9 Å². The lowest BCUT2D eigenvalue weighted by molar-refractivity contribution is -0.143. The van der Waals surface area contributed by atoms with Gasteiger partial charge in [-0.15, -0.1) is 0 Å². The number of carbonyl (C=O) groups is 2. The number of para-hydroxylation sites is 1. The molecule has 1 aliphatic heterocycles. The zero-order chi connectivity index (χ0) is 29.0. The number of hydrogen-bond acceptors (Lipinski definition) is 7. The van der Waals surface area contributed by atoms with E-state index in [0.717, 1.165) is 17.0 Å². The fourth-order valence-electron chi connectivity index (χ4n) is 4.81. The Kier molecular flexibility index (Phi) is 8.77. The van der Waals surface area contributed by atoms with E-state index in [1.165, 1.54) is 0 Å². The molecule has 0 amide bonds. The summed E-state index contributed by atoms with van der Waals surface area (Å²) < 4.78 is 18.8. The lowest BCUT2D eigenvalue weighted by Gasteiger charge is -2.31. The number of ether oxygens (including phenoxy) is 3. The van der Waals surface area contributed by atoms with E-state index in [1.807, 2.05) is 81.6 Å². The van der Waals surface area contributed by atoms with E-state index in [1.54, 1.807) is 32.4 Å². The predicted octanol–water partition coefficient (Wildman–Crippen LogP) is 6.08. The molecule has 210 valence electrons. The summed E-state index contributed by atoms with van der Waals surface area (Å²) in [6.07, 6.45) is 1.19. The molecule has 1 N–H and O–H groups in total. The maximum absolute atomic E-state index is 13.6. The second-order valence-electron chi connectivity index (χ2n) is 10.2. The highest BCUT2D eigenvalue weighted by Crippen LogP contribution is 2.43. The molecule has 3 aromatic rings. The molecule has 8 nitrogen and oxygen atoms in total. The third kappa shape index (κ3) is 6.11. The molecule has 2 heterocycles. The summed E-state index contributed by atoms with van der Waals surface area (Å²) in [5.41, 5.74) is 4.87. The molecule has 0 saturated heterocycles. The van der Waals surface area contributed by atoms with Crippen LogP contribution in [0.1, 0.15) is 59.9 Å². The molecule has 0 atom stereocenters. The van der Waals surface area contributed by atoms with Gasteiger partial charge in [0, 0.05) is 28.7 Å². The highest BCUT2D eigenvalue weighted by Gasteiger charge is 2.40. The molecule has 0 fully saturated rings. The minimum atomic E-state index is -0.780. The fraction of sp³-hybridized carbons (Fsp3) is 0.344. The average Bonchev–Trinajstić information content (AvgIpc) is 3.33. The van der Waals surface area contributed by atoms with E-state index in [4.69, 9.17) is 19.3 Å². The van der Waals surface area contributed by atoms with Crippen molar-refractivity contribution in [1.29, 1.82) is 0 Å². The van der Waals surface area contributed by atoms with Gasteiger partial charge in [-0.1, -0.05) is 18.2 Å². The van der Waals surface area contributed by atoms with Gasteiger partial charge in [-0.2, -0.15) is 5.10 Å². The van der Waals surface area contributed by atoms with E-state index in [9.17, 15) is 9.59 Å². The van der Waals surface area contributed by atoms with Crippen molar-refractivity contribution in [3.05, 3.63) is 88.9 Å². The molecule has 0 aliphatic carbocycles. The highest BCUT2D eigenvalue weighted by molar-refractivity contribution is 6.00. The molecule has 0 saturated carbocycles. The Balaban J connectivity index is 1.98. The van der Waals surface area contributed by atoms with E-state index >= 15 is 0 Å². The first-order valence-corrected chi connectivity index (χ1v) is 13.6. The maximum atomic E-state index is 13.6. The van der Waals surface area contributed by atoms with Crippen molar-refractivity contribution in [2.45, 2.75) is 66.6 Å². The quantitative estimate of drug-likeness (QED) is 0.327. The first-order valence-electron chi connectivity index (χ1n) is 13.6. The van der Waals surface area contributed by atoms with E-state index in [-0.39, 0.29) is 12.2 Å². The second kappa shape index (κ2) is 12.2. The summed E-state index contributed by atoms with van der Waals surface area (Å²) in [7, 11) is 0. The van der Waals surface area contributed by atoms with Gasteiger partial charge in [0.05, 0.1) is 47.3 Å². The van der Waals surface area contributed by atoms with Gasteiger partial charge in [0.1, 0.15) is 5.75 Å². The lowest BCUT2D eigenvalue weighted by atomic mass is 9.79. The second-order valence-corrected chi connectivity index (χ2v) is 10.2. The van der Waals surface area contributed by atoms with Gasteiger partial charge in [0.2, 0.25) is 0 Å². The third-order valence-corrected chi connectivity index (χ3v) is 6.40. The van der Waals surface area contributed by atoms with Crippen LogP contribution in [0.5, 0.6) is 5.75 Å². The minimum absolute atomic E-state index is 0.342. The van der Waals surface area contributed by atoms with Crippen molar-refractivity contribution in [2.24, 2.45) is 0 Å². The zero-order valence-corrected chi connectivity index (χ0v) is 24.1. The number of hydrogen-bond donors (Lipinski definition) is 1. The Morgan fingerprint density at radius 1 is 0.875 bits per heavy atom. The van der Waals surface area contributed by atoms with Crippen LogP contribution in [0.4, 0.5) is 0 Å². The van der Waals surface area contributed by atoms with E-state index in [2.05, 4.69) is 5.32 Å². The molecule has 1 aromatic heterocycles. The number of aromatic nitrogens is 2. The molecule has 2 aromatic carbocycles. The van der Waals surface area contributed by atoms with Gasteiger partial charge < -0.3 is 19.5 Å². The van der Waals surface area contributed by atoms with Crippen molar-refractivity contribution in [2.75, 3.05) is 6.61 Å². The monoisotopic (exact) mass is 543 g/mol. The Labute approximate surface area is 235 Å². The largest absolute Gasteiger partial charge is 0.494 e. The molecule has 0 radical (unpaired) electrons. The molecule has 0 bridgehead atoms. The molecule has 4 rings (SSSR count). The van der Waals surface area contributed by atoms with Crippen molar-refractivity contribution in [3.63, 3.8) is 0 Å². The maximum Gasteiger partial charge on any atom is 0.337 e. The molecule has 0 unspecified atom stereocenters. The first kappa shape index (κ1) is 28.7. The third-order valence-electron chi connectivity index (χ3n) is 6.40. The van der Waals surface area contributed by atoms with Crippen LogP contribution in [0.25, 0.3) is 16.9 Å². The molecule has 0 spiro atoms. The van der Waals surface area contributed by atoms with Crippen molar-refractivity contribution in [1.82, 2.24) is 15.1 Å². The number of esters is 2. The SMILES string of the molecule is CCOc1ccc(-c2nn(-c3ccccc3)cc2C2C(C(=O)OC(C)C)=C(C)NC(C)=C2C(=O)OC(C)C)cc1. The van der Waals surface area contributed by atoms with Crippen LogP contribution in [0.3, 0.4) is 0 Å². The van der Waals surface area contributed by atoms with Gasteiger partial charge in [0.15, 0.2) is 0 Å². The summed E-state index contributed by atoms with van der Waals surface area (Å²) in [5, 5.41) is 8.19. The summed E-state index contributed by atoms with van der Waals surface area (Å²) in [6.45, 7) is 13.3. The summed E-state index contributed by atoms with van der Waals surface area (Å²) >= 11 is 0. The van der Waals surface area contributed by atoms with Crippen LogP contribution in [-0.2, 0) is 19.1 Å². The van der Waals surface area contributed by atoms with Crippen molar-refractivity contribution in [3.8, 4) is 22.7 Å². The number of rotatable bonds is 9. The van der Waals surface area contributed by atoms with Crippen LogP contribution < -0.4 is 10.1 Å². The fourth-order valence-corrected chi connectivity index (χ4v) is 4.81. The standard InChI is InChI=1S/C32H37N3O5/c1-8-38-25-16-14-23(15-17-25)30-26(18-35(34-30)24-12-10-9-11-13-24)29-27(31(36)39-19(2)3)21(6)33-22(7)28(29)32(37)40-20(4)5/h9-20,29,33H,8H2,1-7H3. The predicted molar refractivity (Wildman–Crippen MR) is 154 cm³/mol. The number of nitrogens with one attached hydrogen (secondary N) is 1. The normalized spacial score (nSPS) is 14.0. The van der Waals surface area contributed by atoms with Gasteiger partial charge in [-0.05, 0) is 84.9 Å². The summed E-state index contributed by atoms with van der Waals surface area (Å²) in [4.78, 5) is 27.2. The van der Waals surface area contributed by atoms with Crippen LogP contribution in [0.2, 0.25) is 0 Å². The van der Waals surface area contributed by atoms with E-state index in [0.29, 0.717) is 40.4 Å². The molecule has 8 heteroatoms. The van der Waals surface area contributed by atoms with Crippen LogP contribution in [0.15, 0.2) is 83.3 Å². The number of carbonyl (C=O) groups excluding carboxylic acids is 2. The number of benzene rings is 2. The van der Waals surface area contributed by atoms with Crippen LogP contribution >= 0.6 is 0 Å². The molecule has 1 aliphatic rings. The molecular weight excluding hydrogens is 506 g/mol. The smallest absolute Gasteiger partial charge is 0.337 e. The highest BCUT2D eigenvalue weighted by atomic mass is 16.5. The number of allylic oxidation sites excluding steroid dienone is 2. The Morgan fingerprint density at radius 3 is 1.93 bits per heavy atom. The molecular formula is C32H37N3O5. The first-order chi connectivity index (χ1) is 19.1. The Hall–Kier alpha value is -4.33. The minimum Gasteiger partial charge on any atom is -0.494 e. The average molecular weight is 544 g/mol. The van der Waals surface area contributed by atoms with Gasteiger partial charge in [0.25, 0.3) is 0 Å². The van der Waals surface area contributed by atoms with E-state index < -0.39 is 17.9 Å². The van der Waals surface area contributed by atoms with Gasteiger partial charge in [-0.25, -0.2) is 14.3 Å². The number of dihydropyridines is 1. The van der Waals surface area contributed by atoms with Gasteiger partial charge in [-0.3, -0.25) is 0 Å². The molecule has 40 heavy (non-hydrogen) atoms. The lowest BCUT2D eigenvalue weighted by Crippen LogP contribution is -2.33. The van der Waals surface area contributed by atoms with Crippen molar-refractivity contribution >= 4 is 11.9 Å². The summed E-state index contributed by atoms with van der Waals surface area (Å²) in [6, 6.07) is 17.3. The zero-order valence-electron chi connectivity index (χ0n) is 24.1. The van der Waals surface area contributed by atoms with Crippen molar-refractivity contribution < 1.29 is 23.8 Å². The topological polar surface area (TPSA) is 91.7 Å². The Bertz CT molecular complexity index is 1390. The summed E-state index contributed by atoms with van der Waals surface area (Å²) in [5.74, 6) is -1.04. The van der Waals surface area contributed by atoms with Crippen LogP contribution in [0, 0.1) is 0 Å².